The summed E-state index contributed by atoms with van der Waals surface area (Å²) in [6.45, 7) is 2.13. The molecule has 5 heteroatoms. The van der Waals surface area contributed by atoms with Crippen LogP contribution >= 0.6 is 0 Å². The van der Waals surface area contributed by atoms with Gasteiger partial charge in [-0.2, -0.15) is 0 Å². The quantitative estimate of drug-likeness (QED) is 0.483. The van der Waals surface area contributed by atoms with E-state index in [0.29, 0.717) is 6.04 Å². The summed E-state index contributed by atoms with van der Waals surface area (Å²) in [5, 5.41) is 8.50. The molecule has 0 saturated carbocycles. The molecule has 0 spiro atoms. The van der Waals surface area contributed by atoms with Crippen LogP contribution in [0.3, 0.4) is 0 Å². The molecule has 1 aliphatic rings. The largest absolute Gasteiger partial charge is 0.296 e. The van der Waals surface area contributed by atoms with Crippen molar-refractivity contribution in [2.75, 3.05) is 13.1 Å². The summed E-state index contributed by atoms with van der Waals surface area (Å²) in [6, 6.07) is 14.8. The van der Waals surface area contributed by atoms with Crippen molar-refractivity contribution >= 4 is 12.0 Å². The predicted octanol–water partition coefficient (Wildman–Crippen LogP) is 2.98. The maximum absolute atomic E-state index is 11.0. The van der Waals surface area contributed by atoms with Crippen LogP contribution in [0, 0.1) is 0 Å². The smallest absolute Gasteiger partial charge is 0.267 e. The molecule has 2 N–H and O–H groups in total. The second-order valence-electron chi connectivity index (χ2n) is 6.24. The van der Waals surface area contributed by atoms with Gasteiger partial charge in [0, 0.05) is 37.0 Å². The second-order valence-corrected chi connectivity index (χ2v) is 6.24. The molecule has 1 unspecified atom stereocenters. The van der Waals surface area contributed by atoms with Crippen molar-refractivity contribution in [3.8, 4) is 0 Å². The molecule has 0 aliphatic carbocycles. The number of carbonyl (C=O) groups is 1. The van der Waals surface area contributed by atoms with Gasteiger partial charge in [-0.15, -0.1) is 0 Å². The van der Waals surface area contributed by atoms with Crippen LogP contribution in [0.1, 0.15) is 35.7 Å². The number of amides is 1. The van der Waals surface area contributed by atoms with E-state index in [2.05, 4.69) is 28.1 Å². The Morgan fingerprint density at radius 2 is 2.12 bits per heavy atom. The van der Waals surface area contributed by atoms with Gasteiger partial charge in [0.25, 0.3) is 5.91 Å². The third kappa shape index (κ3) is 4.75. The van der Waals surface area contributed by atoms with Crippen LogP contribution in [0.15, 0.2) is 54.7 Å². The number of nitrogens with one attached hydrogen (secondary N) is 1. The Morgan fingerprint density at radius 1 is 1.28 bits per heavy atom. The van der Waals surface area contributed by atoms with Gasteiger partial charge >= 0.3 is 0 Å². The van der Waals surface area contributed by atoms with Crippen molar-refractivity contribution in [1.29, 1.82) is 0 Å². The number of nitrogens with zero attached hydrogens (tertiary/aromatic N) is 2. The lowest BCUT2D eigenvalue weighted by molar-refractivity contribution is -0.124. The number of carbonyl (C=O) groups excluding carboxylic acids is 1. The molecular weight excluding hydrogens is 314 g/mol. The first-order valence-electron chi connectivity index (χ1n) is 8.62. The SMILES string of the molecule is O=C(C=Cc1ccc(C2CCCN2CCc2ccccn2)cc1)NO. The monoisotopic (exact) mass is 337 g/mol. The average molecular weight is 337 g/mol. The Balaban J connectivity index is 1.61. The lowest BCUT2D eigenvalue weighted by Gasteiger charge is -2.24. The van der Waals surface area contributed by atoms with Crippen LogP contribution in [0.4, 0.5) is 0 Å². The zero-order valence-corrected chi connectivity index (χ0v) is 14.1. The van der Waals surface area contributed by atoms with Crippen molar-refractivity contribution in [2.45, 2.75) is 25.3 Å². The predicted molar refractivity (Wildman–Crippen MR) is 96.9 cm³/mol. The molecule has 25 heavy (non-hydrogen) atoms. The molecule has 1 aromatic carbocycles. The fourth-order valence-electron chi connectivity index (χ4n) is 3.31. The Hall–Kier alpha value is -2.50. The molecule has 1 saturated heterocycles. The summed E-state index contributed by atoms with van der Waals surface area (Å²) in [4.78, 5) is 18.0. The molecule has 1 aliphatic heterocycles. The number of benzene rings is 1. The van der Waals surface area contributed by atoms with Gasteiger partial charge in [-0.05, 0) is 48.7 Å². The molecule has 130 valence electrons. The van der Waals surface area contributed by atoms with E-state index in [1.54, 1.807) is 11.6 Å². The summed E-state index contributed by atoms with van der Waals surface area (Å²) in [7, 11) is 0. The first kappa shape index (κ1) is 17.3. The number of hydrogen-bond donors (Lipinski definition) is 2. The van der Waals surface area contributed by atoms with E-state index < -0.39 is 5.91 Å². The van der Waals surface area contributed by atoms with E-state index in [0.717, 1.165) is 30.8 Å². The summed E-state index contributed by atoms with van der Waals surface area (Å²) >= 11 is 0. The van der Waals surface area contributed by atoms with E-state index >= 15 is 0 Å². The van der Waals surface area contributed by atoms with E-state index in [-0.39, 0.29) is 0 Å². The normalized spacial score (nSPS) is 17.9. The average Bonchev–Trinajstić information content (AvgIpc) is 3.14. The maximum Gasteiger partial charge on any atom is 0.267 e. The van der Waals surface area contributed by atoms with Crippen molar-refractivity contribution in [3.63, 3.8) is 0 Å². The number of hydrogen-bond acceptors (Lipinski definition) is 4. The van der Waals surface area contributed by atoms with E-state index in [4.69, 9.17) is 5.21 Å². The Labute approximate surface area is 148 Å². The number of hydroxylamine groups is 1. The van der Waals surface area contributed by atoms with Gasteiger partial charge < -0.3 is 0 Å². The number of pyridine rings is 1. The highest BCUT2D eigenvalue weighted by molar-refractivity contribution is 5.90. The molecule has 1 atom stereocenters. The van der Waals surface area contributed by atoms with Crippen molar-refractivity contribution in [2.24, 2.45) is 0 Å². The first-order valence-corrected chi connectivity index (χ1v) is 8.62. The van der Waals surface area contributed by atoms with Crippen molar-refractivity contribution in [1.82, 2.24) is 15.4 Å². The Bertz CT molecular complexity index is 713. The zero-order chi connectivity index (χ0) is 17.5. The fourth-order valence-corrected chi connectivity index (χ4v) is 3.31. The van der Waals surface area contributed by atoms with Crippen LogP contribution in [0.2, 0.25) is 0 Å². The van der Waals surface area contributed by atoms with Gasteiger partial charge in [0.2, 0.25) is 0 Å². The fraction of sp³-hybridized carbons (Fsp3) is 0.300. The molecule has 2 aromatic rings. The summed E-state index contributed by atoms with van der Waals surface area (Å²) in [5.41, 5.74) is 4.97. The molecule has 0 bridgehead atoms. The van der Waals surface area contributed by atoms with Gasteiger partial charge in [-0.1, -0.05) is 30.3 Å². The Kier molecular flexibility index (Phi) is 5.93. The molecule has 1 fully saturated rings. The van der Waals surface area contributed by atoms with Crippen LogP contribution < -0.4 is 5.48 Å². The summed E-state index contributed by atoms with van der Waals surface area (Å²) in [6.07, 6.45) is 8.19. The lowest BCUT2D eigenvalue weighted by atomic mass is 10.0. The molecule has 0 radical (unpaired) electrons. The van der Waals surface area contributed by atoms with Gasteiger partial charge in [0.15, 0.2) is 0 Å². The van der Waals surface area contributed by atoms with Crippen LogP contribution in [-0.2, 0) is 11.2 Å². The molecule has 3 rings (SSSR count). The number of likely N-dealkylation sites (tertiary alicyclic amines) is 1. The van der Waals surface area contributed by atoms with E-state index in [1.165, 1.54) is 24.5 Å². The highest BCUT2D eigenvalue weighted by Gasteiger charge is 2.25. The lowest BCUT2D eigenvalue weighted by Crippen LogP contribution is -2.25. The van der Waals surface area contributed by atoms with Gasteiger partial charge in [-0.3, -0.25) is 19.9 Å². The third-order valence-electron chi connectivity index (χ3n) is 4.60. The van der Waals surface area contributed by atoms with Gasteiger partial charge in [-0.25, -0.2) is 5.48 Å². The minimum atomic E-state index is -0.527. The van der Waals surface area contributed by atoms with E-state index in [9.17, 15) is 4.79 Å². The highest BCUT2D eigenvalue weighted by Crippen LogP contribution is 2.32. The topological polar surface area (TPSA) is 65.5 Å². The second kappa shape index (κ2) is 8.55. The zero-order valence-electron chi connectivity index (χ0n) is 14.1. The minimum Gasteiger partial charge on any atom is -0.296 e. The maximum atomic E-state index is 11.0. The first-order chi connectivity index (χ1) is 12.3. The minimum absolute atomic E-state index is 0.447. The number of rotatable bonds is 6. The molecule has 1 aromatic heterocycles. The van der Waals surface area contributed by atoms with Gasteiger partial charge in [0.05, 0.1) is 0 Å². The molecule has 1 amide bonds. The van der Waals surface area contributed by atoms with Crippen molar-refractivity contribution < 1.29 is 10.0 Å². The van der Waals surface area contributed by atoms with Gasteiger partial charge in [0.1, 0.15) is 0 Å². The standard InChI is InChI=1S/C20H23N3O2/c24-20(22-25)11-8-16-6-9-17(10-7-16)19-5-3-14-23(19)15-12-18-4-1-2-13-21-18/h1-2,4,6-11,13,19,25H,3,5,12,14-15H2,(H,22,24). The third-order valence-corrected chi connectivity index (χ3v) is 4.60. The number of aromatic nitrogens is 1. The van der Waals surface area contributed by atoms with E-state index in [1.807, 2.05) is 30.5 Å². The molecular formula is C20H23N3O2. The van der Waals surface area contributed by atoms with Crippen LogP contribution in [0.5, 0.6) is 0 Å². The highest BCUT2D eigenvalue weighted by atomic mass is 16.5. The summed E-state index contributed by atoms with van der Waals surface area (Å²) in [5.74, 6) is -0.527. The molecule has 2 heterocycles. The van der Waals surface area contributed by atoms with Crippen LogP contribution in [-0.4, -0.2) is 34.1 Å². The Morgan fingerprint density at radius 3 is 2.84 bits per heavy atom. The van der Waals surface area contributed by atoms with Crippen molar-refractivity contribution in [3.05, 3.63) is 71.6 Å². The molecule has 5 nitrogen and oxygen atoms in total. The van der Waals surface area contributed by atoms with Crippen LogP contribution in [0.25, 0.3) is 6.08 Å². The summed E-state index contributed by atoms with van der Waals surface area (Å²) < 4.78 is 0.